The minimum atomic E-state index is -4.30. The lowest BCUT2D eigenvalue weighted by Gasteiger charge is -2.34. The third-order valence-corrected chi connectivity index (χ3v) is 6.39. The van der Waals surface area contributed by atoms with E-state index in [1.54, 1.807) is 6.92 Å². The largest absolute Gasteiger partial charge is 0.493 e. The van der Waals surface area contributed by atoms with Crippen LogP contribution in [0.2, 0.25) is 0 Å². The van der Waals surface area contributed by atoms with Crippen LogP contribution in [-0.2, 0) is 12.8 Å². The smallest absolute Gasteiger partial charge is 0.389 e. The number of nitrogens with zero attached hydrogens (tertiary/aromatic N) is 4. The van der Waals surface area contributed by atoms with Crippen LogP contribution in [0.25, 0.3) is 5.82 Å². The predicted octanol–water partition coefficient (Wildman–Crippen LogP) is 3.88. The first kappa shape index (κ1) is 26.5. The number of aromatic nitrogens is 3. The Morgan fingerprint density at radius 1 is 1.40 bits per heavy atom. The number of carbonyl (C=O) groups is 1. The first-order chi connectivity index (χ1) is 16.5. The number of imidazole rings is 1. The molecule has 1 aliphatic carbocycles. The summed E-state index contributed by atoms with van der Waals surface area (Å²) in [4.78, 5) is 21.6. The van der Waals surface area contributed by atoms with E-state index >= 15 is 0 Å². The third-order valence-electron chi connectivity index (χ3n) is 6.39. The molecular formula is C24H30F3N5O3. The molecule has 2 aromatic rings. The van der Waals surface area contributed by atoms with Crippen LogP contribution in [0.5, 0.6) is 5.75 Å². The Morgan fingerprint density at radius 3 is 2.66 bits per heavy atom. The number of rotatable bonds is 8. The van der Waals surface area contributed by atoms with Gasteiger partial charge >= 0.3 is 6.18 Å². The number of nitrogens with one attached hydrogen (secondary N) is 1. The summed E-state index contributed by atoms with van der Waals surface area (Å²) in [5, 5.41) is 23.4. The zero-order valence-corrected chi connectivity index (χ0v) is 20.1. The van der Waals surface area contributed by atoms with Gasteiger partial charge in [0.1, 0.15) is 11.9 Å². The summed E-state index contributed by atoms with van der Waals surface area (Å²) in [6, 6.07) is 3.43. The van der Waals surface area contributed by atoms with Crippen molar-refractivity contribution >= 4 is 5.91 Å². The lowest BCUT2D eigenvalue weighted by molar-refractivity contribution is -0.134. The number of halogens is 3. The quantitative estimate of drug-likeness (QED) is 0.577. The average molecular weight is 494 g/mol. The number of pyridine rings is 1. The summed E-state index contributed by atoms with van der Waals surface area (Å²) in [6.45, 7) is 3.96. The average Bonchev–Trinajstić information content (AvgIpc) is 3.21. The van der Waals surface area contributed by atoms with Gasteiger partial charge in [-0.25, -0.2) is 9.97 Å². The molecule has 2 N–H and O–H groups in total. The van der Waals surface area contributed by atoms with Crippen molar-refractivity contribution in [3.8, 4) is 17.6 Å². The molecule has 0 saturated heterocycles. The molecule has 0 atom stereocenters. The summed E-state index contributed by atoms with van der Waals surface area (Å²) in [6.07, 6.45) is -1.02. The lowest BCUT2D eigenvalue weighted by Crippen LogP contribution is -2.45. The first-order valence-electron chi connectivity index (χ1n) is 11.6. The number of nitriles is 1. The molecule has 0 spiro atoms. The molecule has 2 heterocycles. The van der Waals surface area contributed by atoms with Crippen molar-refractivity contribution in [3.63, 3.8) is 0 Å². The number of aryl methyl sites for hydroxylation is 2. The Labute approximate surface area is 202 Å². The molecule has 1 aliphatic rings. The zero-order chi connectivity index (χ0) is 25.8. The number of methoxy groups -OCH3 is 1. The lowest BCUT2D eigenvalue weighted by atomic mass is 9.79. The van der Waals surface area contributed by atoms with Gasteiger partial charge in [-0.1, -0.05) is 13.8 Å². The van der Waals surface area contributed by atoms with E-state index in [2.05, 4.69) is 22.2 Å². The van der Waals surface area contributed by atoms with Crippen molar-refractivity contribution in [1.82, 2.24) is 19.9 Å². The fraction of sp³-hybridized carbons (Fsp3) is 0.583. The van der Waals surface area contributed by atoms with Crippen LogP contribution in [-0.4, -0.2) is 51.0 Å². The number of aliphatic hydroxyl groups is 1. The van der Waals surface area contributed by atoms with Gasteiger partial charge in [-0.15, -0.1) is 0 Å². The Balaban J connectivity index is 1.89. The van der Waals surface area contributed by atoms with Gasteiger partial charge < -0.3 is 15.2 Å². The van der Waals surface area contributed by atoms with Crippen molar-refractivity contribution in [3.05, 3.63) is 35.0 Å². The van der Waals surface area contributed by atoms with Crippen LogP contribution >= 0.6 is 0 Å². The SMILES string of the molecule is CCc1nc(C(=O)NCC2(O)CCC(C)CC2)c(C#N)n1-c1ncc(CCC(F)(F)F)cc1OC. The van der Waals surface area contributed by atoms with Crippen molar-refractivity contribution in [2.75, 3.05) is 13.7 Å². The molecule has 0 aliphatic heterocycles. The number of carbonyl (C=O) groups excluding carboxylic acids is 1. The zero-order valence-electron chi connectivity index (χ0n) is 20.1. The minimum absolute atomic E-state index is 0.0488. The monoisotopic (exact) mass is 493 g/mol. The third kappa shape index (κ3) is 6.31. The van der Waals surface area contributed by atoms with Crippen LogP contribution < -0.4 is 10.1 Å². The Hall–Kier alpha value is -3.13. The molecule has 11 heteroatoms. The normalized spacial score (nSPS) is 20.3. The van der Waals surface area contributed by atoms with Crippen molar-refractivity contribution < 1.29 is 27.8 Å². The first-order valence-corrected chi connectivity index (χ1v) is 11.6. The second-order valence-corrected chi connectivity index (χ2v) is 9.10. The van der Waals surface area contributed by atoms with E-state index in [1.165, 1.54) is 23.9 Å². The van der Waals surface area contributed by atoms with E-state index in [1.807, 2.05) is 6.07 Å². The standard InChI is InChI=1S/C24H30F3N5O3/c1-4-19-31-20(22(33)30-14-23(34)8-5-15(2)6-9-23)17(12-28)32(19)21-18(35-3)11-16(13-29-21)7-10-24(25,26)27/h11,13,15,34H,4-10,14H2,1-3H3,(H,30,33). The van der Waals surface area contributed by atoms with Crippen LogP contribution in [0.4, 0.5) is 13.2 Å². The molecule has 0 bridgehead atoms. The number of alkyl halides is 3. The van der Waals surface area contributed by atoms with Crippen LogP contribution in [0.15, 0.2) is 12.3 Å². The summed E-state index contributed by atoms with van der Waals surface area (Å²) < 4.78 is 44.6. The maximum Gasteiger partial charge on any atom is 0.389 e. The Kier molecular flexibility index (Phi) is 8.05. The van der Waals surface area contributed by atoms with E-state index < -0.39 is 24.1 Å². The Morgan fingerprint density at radius 2 is 2.09 bits per heavy atom. The van der Waals surface area contributed by atoms with Gasteiger partial charge in [-0.3, -0.25) is 9.36 Å². The molecule has 190 valence electrons. The molecule has 3 rings (SSSR count). The molecule has 1 fully saturated rings. The summed E-state index contributed by atoms with van der Waals surface area (Å²) in [5.41, 5.74) is -0.852. The highest BCUT2D eigenvalue weighted by Crippen LogP contribution is 2.32. The summed E-state index contributed by atoms with van der Waals surface area (Å²) in [5.74, 6) is 0.615. The van der Waals surface area contributed by atoms with Gasteiger partial charge in [0.2, 0.25) is 0 Å². The minimum Gasteiger partial charge on any atom is -0.493 e. The number of ether oxygens (including phenoxy) is 1. The molecule has 8 nitrogen and oxygen atoms in total. The second-order valence-electron chi connectivity index (χ2n) is 9.10. The second kappa shape index (κ2) is 10.6. The van der Waals surface area contributed by atoms with Gasteiger partial charge in [0.05, 0.1) is 12.7 Å². The predicted molar refractivity (Wildman–Crippen MR) is 121 cm³/mol. The van der Waals surface area contributed by atoms with Gasteiger partial charge in [0, 0.05) is 25.6 Å². The van der Waals surface area contributed by atoms with Gasteiger partial charge in [-0.05, 0) is 49.7 Å². The molecule has 0 radical (unpaired) electrons. The number of hydrogen-bond donors (Lipinski definition) is 2. The summed E-state index contributed by atoms with van der Waals surface area (Å²) >= 11 is 0. The van der Waals surface area contributed by atoms with E-state index in [0.717, 1.165) is 12.8 Å². The maximum atomic E-state index is 13.0. The molecular weight excluding hydrogens is 463 g/mol. The van der Waals surface area contributed by atoms with E-state index in [-0.39, 0.29) is 35.9 Å². The fourth-order valence-corrected chi connectivity index (χ4v) is 4.22. The van der Waals surface area contributed by atoms with Crippen LogP contribution in [0, 0.1) is 17.2 Å². The highest BCUT2D eigenvalue weighted by atomic mass is 19.4. The molecule has 0 unspecified atom stereocenters. The van der Waals surface area contributed by atoms with Gasteiger partial charge in [0.15, 0.2) is 23.0 Å². The van der Waals surface area contributed by atoms with E-state index in [4.69, 9.17) is 4.74 Å². The number of hydrogen-bond acceptors (Lipinski definition) is 6. The van der Waals surface area contributed by atoms with Gasteiger partial charge in [0.25, 0.3) is 5.91 Å². The van der Waals surface area contributed by atoms with E-state index in [9.17, 15) is 28.3 Å². The van der Waals surface area contributed by atoms with Crippen LogP contribution in [0.1, 0.15) is 73.5 Å². The molecule has 1 amide bonds. The maximum absolute atomic E-state index is 13.0. The van der Waals surface area contributed by atoms with Gasteiger partial charge in [-0.2, -0.15) is 18.4 Å². The molecule has 0 aromatic carbocycles. The summed E-state index contributed by atoms with van der Waals surface area (Å²) in [7, 11) is 1.35. The molecule has 35 heavy (non-hydrogen) atoms. The highest BCUT2D eigenvalue weighted by Gasteiger charge is 2.33. The fourth-order valence-electron chi connectivity index (χ4n) is 4.22. The van der Waals surface area contributed by atoms with Crippen LogP contribution in [0.3, 0.4) is 0 Å². The topological polar surface area (TPSA) is 113 Å². The van der Waals surface area contributed by atoms with Crippen molar-refractivity contribution in [2.45, 2.75) is 70.6 Å². The molecule has 2 aromatic heterocycles. The molecule has 1 saturated carbocycles. The highest BCUT2D eigenvalue weighted by molar-refractivity contribution is 5.94. The van der Waals surface area contributed by atoms with Crippen molar-refractivity contribution in [2.24, 2.45) is 5.92 Å². The van der Waals surface area contributed by atoms with Crippen molar-refractivity contribution in [1.29, 1.82) is 5.26 Å². The Bertz CT molecular complexity index is 1100. The van der Waals surface area contributed by atoms with E-state index in [0.29, 0.717) is 36.6 Å². The number of amides is 1.